The van der Waals surface area contributed by atoms with Crippen LogP contribution in [0.4, 0.5) is 22.7 Å². The van der Waals surface area contributed by atoms with E-state index in [0.29, 0.717) is 0 Å². The van der Waals surface area contributed by atoms with E-state index in [1.165, 1.54) is 76.1 Å². The predicted octanol–water partition coefficient (Wildman–Crippen LogP) is 9.52. The number of para-hydroxylation sites is 4. The Labute approximate surface area is 302 Å². The smallest absolute Gasteiger partial charge is 0.128 e. The summed E-state index contributed by atoms with van der Waals surface area (Å²) in [5.41, 5.74) is 4.96. The molecule has 0 N–H and O–H groups in total. The summed E-state index contributed by atoms with van der Waals surface area (Å²) in [6.45, 7) is 2.53. The average Bonchev–Trinajstić information content (AvgIpc) is 3.20. The largest absolute Gasteiger partial charge is 0.341 e. The Balaban J connectivity index is 1.39. The fraction of sp³-hybridized carbons (Fsp3) is 0.0638. The third-order valence-corrected chi connectivity index (χ3v) is 17.2. The average molecular weight is 694 g/mol. The zero-order valence-electron chi connectivity index (χ0n) is 29.1. The molecule has 0 unspecified atom stereocenters. The predicted molar refractivity (Wildman–Crippen MR) is 227 cm³/mol. The third-order valence-electron chi connectivity index (χ3n) is 10.7. The first-order valence-electron chi connectivity index (χ1n) is 17.5. The highest BCUT2D eigenvalue weighted by Gasteiger charge is 2.46. The highest BCUT2D eigenvalue weighted by molar-refractivity contribution is 7.95. The molecule has 0 saturated heterocycles. The van der Waals surface area contributed by atoms with Gasteiger partial charge in [0, 0.05) is 36.1 Å². The van der Waals surface area contributed by atoms with Gasteiger partial charge < -0.3 is 9.80 Å². The Hall–Kier alpha value is -5.26. The van der Waals surface area contributed by atoms with Crippen LogP contribution < -0.4 is 41.6 Å². The van der Waals surface area contributed by atoms with E-state index >= 15 is 0 Å². The van der Waals surface area contributed by atoms with E-state index in [-0.39, 0.29) is 0 Å². The van der Waals surface area contributed by atoms with Gasteiger partial charge >= 0.3 is 0 Å². The van der Waals surface area contributed by atoms with Crippen molar-refractivity contribution in [1.29, 1.82) is 0 Å². The summed E-state index contributed by atoms with van der Waals surface area (Å²) in [4.78, 5) is 4.94. The lowest BCUT2D eigenvalue weighted by atomic mass is 10.1. The molecule has 51 heavy (non-hydrogen) atoms. The molecule has 0 amide bonds. The first kappa shape index (κ1) is 31.7. The number of rotatable bonds is 2. The van der Waals surface area contributed by atoms with Crippen LogP contribution in [-0.2, 0) is 0 Å². The Kier molecular flexibility index (Phi) is 7.96. The van der Waals surface area contributed by atoms with Crippen molar-refractivity contribution in [2.45, 2.75) is 0 Å². The molecule has 0 aliphatic carbocycles. The Morgan fingerprint density at radius 3 is 1.35 bits per heavy atom. The van der Waals surface area contributed by atoms with Gasteiger partial charge in [0.15, 0.2) is 0 Å². The standard InChI is InChI=1S/C47H39N2P2/c1-48-40-20-8-12-24-44(40)50(38-30-28-34-16-4-6-18-36(34)32-38)45-25-13-9-21-41(45)49(2)43-23-11-15-27-47(43)51(3,46-26-14-10-22-42(46)48)39-31-29-35-17-5-7-19-37(35)33-39/h4-33H,1-3H3/q+1. The van der Waals surface area contributed by atoms with E-state index in [4.69, 9.17) is 0 Å². The zero-order valence-corrected chi connectivity index (χ0v) is 30.9. The molecule has 8 aromatic rings. The molecule has 0 saturated carbocycles. The van der Waals surface area contributed by atoms with Gasteiger partial charge in [-0.3, -0.25) is 0 Å². The lowest BCUT2D eigenvalue weighted by Gasteiger charge is -2.36. The molecule has 4 heteroatoms. The molecule has 2 nitrogen and oxygen atoms in total. The molecule has 0 radical (unpaired) electrons. The summed E-state index contributed by atoms with van der Waals surface area (Å²) in [7, 11) is 1.35. The monoisotopic (exact) mass is 693 g/mol. The lowest BCUT2D eigenvalue weighted by Crippen LogP contribution is -2.37. The van der Waals surface area contributed by atoms with Gasteiger partial charge in [0.05, 0.1) is 18.0 Å². The van der Waals surface area contributed by atoms with E-state index < -0.39 is 15.2 Å². The molecule has 0 spiro atoms. The topological polar surface area (TPSA) is 6.48 Å². The van der Waals surface area contributed by atoms with Crippen molar-refractivity contribution in [3.05, 3.63) is 182 Å². The number of anilines is 4. The van der Waals surface area contributed by atoms with E-state index in [2.05, 4.69) is 213 Å². The summed E-state index contributed by atoms with van der Waals surface area (Å²) in [6.07, 6.45) is 0. The fourth-order valence-electron chi connectivity index (χ4n) is 7.97. The molecule has 246 valence electrons. The van der Waals surface area contributed by atoms with Crippen molar-refractivity contribution < 1.29 is 0 Å². The van der Waals surface area contributed by atoms with Gasteiger partial charge in [-0.15, -0.1) is 0 Å². The second-order valence-electron chi connectivity index (χ2n) is 13.5. The van der Waals surface area contributed by atoms with Crippen LogP contribution in [0.25, 0.3) is 21.5 Å². The van der Waals surface area contributed by atoms with Crippen molar-refractivity contribution in [2.75, 3.05) is 30.6 Å². The minimum absolute atomic E-state index is 0.958. The third kappa shape index (κ3) is 5.25. The maximum Gasteiger partial charge on any atom is 0.128 e. The van der Waals surface area contributed by atoms with Crippen LogP contribution in [0.5, 0.6) is 0 Å². The fourth-order valence-corrected chi connectivity index (χ4v) is 14.4. The Morgan fingerprint density at radius 1 is 0.392 bits per heavy atom. The number of fused-ring (bicyclic) bond motifs is 6. The van der Waals surface area contributed by atoms with Crippen LogP contribution in [0.2, 0.25) is 0 Å². The Morgan fingerprint density at radius 2 is 0.804 bits per heavy atom. The second kappa shape index (κ2) is 12.8. The van der Waals surface area contributed by atoms with Gasteiger partial charge in [-0.25, -0.2) is 0 Å². The summed E-state index contributed by atoms with van der Waals surface area (Å²) in [5.74, 6) is 0. The summed E-state index contributed by atoms with van der Waals surface area (Å²) >= 11 is 0. The van der Waals surface area contributed by atoms with Crippen LogP contribution >= 0.6 is 15.2 Å². The van der Waals surface area contributed by atoms with Crippen LogP contribution in [0.15, 0.2) is 182 Å². The first-order chi connectivity index (χ1) is 25.0. The summed E-state index contributed by atoms with van der Waals surface area (Å²) < 4.78 is 0. The molecule has 8 aromatic carbocycles. The molecule has 1 heterocycles. The summed E-state index contributed by atoms with van der Waals surface area (Å²) in [6, 6.07) is 68.2. The van der Waals surface area contributed by atoms with Gasteiger partial charge in [0.2, 0.25) is 0 Å². The van der Waals surface area contributed by atoms with Gasteiger partial charge in [0.1, 0.15) is 23.2 Å². The molecule has 1 aliphatic rings. The number of nitrogens with zero attached hydrogens (tertiary/aromatic N) is 2. The van der Waals surface area contributed by atoms with E-state index in [1.54, 1.807) is 0 Å². The number of hydrogen-bond donors (Lipinski definition) is 0. The Bertz CT molecular complexity index is 2480. The van der Waals surface area contributed by atoms with Gasteiger partial charge in [-0.2, -0.15) is 0 Å². The van der Waals surface area contributed by atoms with E-state index in [1.807, 2.05) is 0 Å². The van der Waals surface area contributed by atoms with Crippen LogP contribution in [-0.4, -0.2) is 20.8 Å². The highest BCUT2D eigenvalue weighted by atomic mass is 31.2. The molecular formula is C47H39N2P2+. The van der Waals surface area contributed by atoms with Crippen LogP contribution in [0.1, 0.15) is 0 Å². The van der Waals surface area contributed by atoms with Gasteiger partial charge in [-0.05, 0) is 89.4 Å². The molecule has 0 fully saturated rings. The second-order valence-corrected chi connectivity index (χ2v) is 19.1. The molecule has 0 aromatic heterocycles. The zero-order chi connectivity index (χ0) is 34.5. The van der Waals surface area contributed by atoms with E-state index in [0.717, 1.165) is 0 Å². The molecule has 9 rings (SSSR count). The van der Waals surface area contributed by atoms with Gasteiger partial charge in [0.25, 0.3) is 0 Å². The summed E-state index contributed by atoms with van der Waals surface area (Å²) in [5, 5.41) is 13.2. The molecule has 1 aliphatic heterocycles. The van der Waals surface area contributed by atoms with Crippen molar-refractivity contribution >= 4 is 91.3 Å². The quantitative estimate of drug-likeness (QED) is 0.167. The normalized spacial score (nSPS) is 17.1. The highest BCUT2D eigenvalue weighted by Crippen LogP contribution is 2.57. The maximum absolute atomic E-state index is 2.53. The molecular weight excluding hydrogens is 654 g/mol. The molecule has 0 atom stereocenters. The molecule has 0 bridgehead atoms. The number of benzene rings is 8. The van der Waals surface area contributed by atoms with Gasteiger partial charge in [-0.1, -0.05) is 127 Å². The SMILES string of the molecule is CN1c2ccccc2P(c2ccc3ccccc3c2)c2ccccc2N(C)c2ccccc2[P+](C)(c2ccc3ccccc3c2)c2ccccc21. The van der Waals surface area contributed by atoms with Crippen LogP contribution in [0, 0.1) is 0 Å². The number of hydrogen-bond acceptors (Lipinski definition) is 2. The first-order valence-corrected chi connectivity index (χ1v) is 21.1. The maximum atomic E-state index is 2.53. The minimum Gasteiger partial charge on any atom is -0.341 e. The van der Waals surface area contributed by atoms with Crippen molar-refractivity contribution in [3.63, 3.8) is 0 Å². The van der Waals surface area contributed by atoms with Crippen molar-refractivity contribution in [3.8, 4) is 0 Å². The lowest BCUT2D eigenvalue weighted by molar-refractivity contribution is 1.22. The van der Waals surface area contributed by atoms with Crippen LogP contribution in [0.3, 0.4) is 0 Å². The van der Waals surface area contributed by atoms with Crippen molar-refractivity contribution in [1.82, 2.24) is 0 Å². The van der Waals surface area contributed by atoms with E-state index in [9.17, 15) is 0 Å². The van der Waals surface area contributed by atoms with Crippen molar-refractivity contribution in [2.24, 2.45) is 0 Å². The minimum atomic E-state index is -2.23.